The van der Waals surface area contributed by atoms with Crippen molar-refractivity contribution in [2.75, 3.05) is 0 Å². The first kappa shape index (κ1) is 15.2. The van der Waals surface area contributed by atoms with Gasteiger partial charge in [0.05, 0.1) is 19.1 Å². The number of alkyl carbamates (subject to hydrolysis) is 1. The molecule has 1 aromatic heterocycles. The molecule has 0 radical (unpaired) electrons. The number of hydrogen-bond donors (Lipinski definition) is 3. The second kappa shape index (κ2) is 5.64. The molecule has 1 fully saturated rings. The maximum atomic E-state index is 11.5. The van der Waals surface area contributed by atoms with E-state index in [0.29, 0.717) is 12.4 Å². The van der Waals surface area contributed by atoms with E-state index in [1.54, 1.807) is 20.8 Å². The van der Waals surface area contributed by atoms with E-state index in [4.69, 9.17) is 10.5 Å². The van der Waals surface area contributed by atoms with Crippen LogP contribution in [0.1, 0.15) is 26.6 Å². The molecule has 10 heteroatoms. The van der Waals surface area contributed by atoms with Gasteiger partial charge in [-0.1, -0.05) is 0 Å². The Hall–Kier alpha value is -2.23. The molecule has 0 aliphatic carbocycles. The molecule has 0 bridgehead atoms. The monoisotopic (exact) mass is 297 g/mol. The van der Waals surface area contributed by atoms with Gasteiger partial charge in [-0.2, -0.15) is 4.80 Å². The normalized spacial score (nSPS) is 21.4. The van der Waals surface area contributed by atoms with Crippen molar-refractivity contribution >= 4 is 12.0 Å². The second-order valence-corrected chi connectivity index (χ2v) is 5.76. The van der Waals surface area contributed by atoms with Crippen molar-refractivity contribution in [3.63, 3.8) is 0 Å². The summed E-state index contributed by atoms with van der Waals surface area (Å²) in [6, 6.07) is -0.738. The minimum absolute atomic E-state index is 0.109. The molecule has 116 valence electrons. The highest BCUT2D eigenvalue weighted by Gasteiger charge is 2.36. The molecule has 0 unspecified atom stereocenters. The maximum absolute atomic E-state index is 11.5. The summed E-state index contributed by atoms with van der Waals surface area (Å²) in [5.41, 5.74) is 5.04. The number of hydrogen-bond acceptors (Lipinski definition) is 7. The van der Waals surface area contributed by atoms with E-state index in [9.17, 15) is 9.59 Å². The van der Waals surface area contributed by atoms with E-state index >= 15 is 0 Å². The van der Waals surface area contributed by atoms with Crippen LogP contribution < -0.4 is 16.4 Å². The van der Waals surface area contributed by atoms with Crippen LogP contribution in [0.15, 0.2) is 0 Å². The zero-order chi connectivity index (χ0) is 15.6. The zero-order valence-corrected chi connectivity index (χ0v) is 12.2. The number of aromatic nitrogens is 4. The molecule has 2 atom stereocenters. The molecule has 1 saturated heterocycles. The van der Waals surface area contributed by atoms with E-state index in [1.807, 2.05) is 0 Å². The van der Waals surface area contributed by atoms with Gasteiger partial charge < -0.3 is 21.1 Å². The largest absolute Gasteiger partial charge is 0.444 e. The van der Waals surface area contributed by atoms with Crippen LogP contribution in [-0.2, 0) is 22.6 Å². The van der Waals surface area contributed by atoms with Gasteiger partial charge in [0.1, 0.15) is 11.6 Å². The number of carbonyl (C=O) groups excluding carboxylic acids is 2. The lowest BCUT2D eigenvalue weighted by Gasteiger charge is -2.32. The van der Waals surface area contributed by atoms with Gasteiger partial charge in [0.2, 0.25) is 5.91 Å². The van der Waals surface area contributed by atoms with Gasteiger partial charge in [-0.3, -0.25) is 4.79 Å². The first-order valence-corrected chi connectivity index (χ1v) is 6.54. The van der Waals surface area contributed by atoms with Gasteiger partial charge in [-0.15, -0.1) is 10.2 Å². The fourth-order valence-electron chi connectivity index (χ4n) is 1.68. The minimum Gasteiger partial charge on any atom is -0.444 e. The van der Waals surface area contributed by atoms with Gasteiger partial charge in [0, 0.05) is 0 Å². The van der Waals surface area contributed by atoms with Gasteiger partial charge in [0.25, 0.3) is 0 Å². The Labute approximate surface area is 121 Å². The summed E-state index contributed by atoms with van der Waals surface area (Å²) < 4.78 is 5.09. The molecule has 1 aromatic rings. The summed E-state index contributed by atoms with van der Waals surface area (Å²) in [4.78, 5) is 23.8. The van der Waals surface area contributed by atoms with Gasteiger partial charge in [0.15, 0.2) is 5.82 Å². The summed E-state index contributed by atoms with van der Waals surface area (Å²) in [6.45, 7) is 5.77. The number of rotatable bonds is 4. The first-order valence-electron chi connectivity index (χ1n) is 6.54. The van der Waals surface area contributed by atoms with Crippen LogP contribution in [0.4, 0.5) is 4.79 Å². The average molecular weight is 297 g/mol. The molecule has 1 aliphatic heterocycles. The fraction of sp³-hybridized carbons (Fsp3) is 0.727. The molecule has 0 aromatic carbocycles. The predicted molar refractivity (Wildman–Crippen MR) is 70.8 cm³/mol. The number of β-lactam (4-membered cyclic amide) rings is 1. The molecule has 2 amide bonds. The number of nitrogens with two attached hydrogens (primary N) is 1. The van der Waals surface area contributed by atoms with Crippen molar-refractivity contribution in [3.05, 3.63) is 5.82 Å². The quantitative estimate of drug-likeness (QED) is 0.576. The number of carbonyl (C=O) groups is 2. The molecular formula is C11H19N7O3. The number of tetrazole rings is 1. The SMILES string of the molecule is CC(C)(C)OC(=O)NCc1nnn(C[C@H]2NC(=O)[C@H]2N)n1. The molecule has 0 spiro atoms. The number of nitrogens with zero attached hydrogens (tertiary/aromatic N) is 4. The van der Waals surface area contributed by atoms with Crippen LogP contribution in [0.5, 0.6) is 0 Å². The lowest BCUT2D eigenvalue weighted by atomic mass is 10.0. The standard InChI is InChI=1S/C11H19N7O3/c1-11(2,3)21-10(20)13-4-7-15-17-18(16-7)5-6-8(12)9(19)14-6/h6,8H,4-5,12H2,1-3H3,(H,13,20)(H,14,19)/t6-,8+/m1/s1. The number of ether oxygens (including phenoxy) is 1. The highest BCUT2D eigenvalue weighted by atomic mass is 16.6. The molecule has 2 rings (SSSR count). The van der Waals surface area contributed by atoms with Crippen molar-refractivity contribution in [1.82, 2.24) is 30.8 Å². The Morgan fingerprint density at radius 2 is 2.24 bits per heavy atom. The molecule has 4 N–H and O–H groups in total. The topological polar surface area (TPSA) is 137 Å². The van der Waals surface area contributed by atoms with Crippen LogP contribution in [0.25, 0.3) is 0 Å². The Kier molecular flexibility index (Phi) is 4.07. The lowest BCUT2D eigenvalue weighted by Crippen LogP contribution is -2.68. The maximum Gasteiger partial charge on any atom is 0.408 e. The zero-order valence-electron chi connectivity index (χ0n) is 12.2. The van der Waals surface area contributed by atoms with Crippen molar-refractivity contribution < 1.29 is 14.3 Å². The van der Waals surface area contributed by atoms with Crippen LogP contribution in [-0.4, -0.2) is 49.9 Å². The van der Waals surface area contributed by atoms with Gasteiger partial charge in [-0.05, 0) is 26.0 Å². The van der Waals surface area contributed by atoms with E-state index in [2.05, 4.69) is 26.0 Å². The van der Waals surface area contributed by atoms with Crippen LogP contribution in [0, 0.1) is 0 Å². The third kappa shape index (κ3) is 4.12. The summed E-state index contributed by atoms with van der Waals surface area (Å²) in [7, 11) is 0. The summed E-state index contributed by atoms with van der Waals surface area (Å²) in [6.07, 6.45) is -0.549. The Balaban J connectivity index is 1.78. The van der Waals surface area contributed by atoms with Crippen molar-refractivity contribution in [1.29, 1.82) is 0 Å². The second-order valence-electron chi connectivity index (χ2n) is 5.76. The van der Waals surface area contributed by atoms with E-state index in [0.717, 1.165) is 0 Å². The molecule has 10 nitrogen and oxygen atoms in total. The average Bonchev–Trinajstić information content (AvgIpc) is 2.81. The third-order valence-corrected chi connectivity index (χ3v) is 2.71. The van der Waals surface area contributed by atoms with Crippen LogP contribution >= 0.6 is 0 Å². The molecule has 2 heterocycles. The number of amides is 2. The van der Waals surface area contributed by atoms with E-state index in [-0.39, 0.29) is 18.5 Å². The van der Waals surface area contributed by atoms with Crippen LogP contribution in [0.3, 0.4) is 0 Å². The van der Waals surface area contributed by atoms with Crippen molar-refractivity contribution in [2.45, 2.75) is 51.5 Å². The Bertz CT molecular complexity index is 536. The molecule has 21 heavy (non-hydrogen) atoms. The molecular weight excluding hydrogens is 278 g/mol. The fourth-order valence-corrected chi connectivity index (χ4v) is 1.68. The van der Waals surface area contributed by atoms with Crippen molar-refractivity contribution in [3.8, 4) is 0 Å². The number of nitrogens with one attached hydrogen (secondary N) is 2. The van der Waals surface area contributed by atoms with E-state index < -0.39 is 17.7 Å². The molecule has 1 aliphatic rings. The van der Waals surface area contributed by atoms with Crippen molar-refractivity contribution in [2.24, 2.45) is 5.73 Å². The third-order valence-electron chi connectivity index (χ3n) is 2.71. The molecule has 0 saturated carbocycles. The summed E-state index contributed by atoms with van der Waals surface area (Å²) in [5.74, 6) is 0.159. The summed E-state index contributed by atoms with van der Waals surface area (Å²) in [5, 5.41) is 16.9. The Morgan fingerprint density at radius 1 is 1.52 bits per heavy atom. The van der Waals surface area contributed by atoms with Gasteiger partial charge in [-0.25, -0.2) is 4.79 Å². The van der Waals surface area contributed by atoms with E-state index in [1.165, 1.54) is 4.80 Å². The van der Waals surface area contributed by atoms with Crippen LogP contribution in [0.2, 0.25) is 0 Å². The highest BCUT2D eigenvalue weighted by molar-refractivity contribution is 5.88. The first-order chi connectivity index (χ1) is 9.74. The van der Waals surface area contributed by atoms with Gasteiger partial charge >= 0.3 is 6.09 Å². The smallest absolute Gasteiger partial charge is 0.408 e. The minimum atomic E-state index is -0.562. The lowest BCUT2D eigenvalue weighted by molar-refractivity contribution is -0.130. The highest BCUT2D eigenvalue weighted by Crippen LogP contribution is 2.07. The Morgan fingerprint density at radius 3 is 2.81 bits per heavy atom. The predicted octanol–water partition coefficient (Wildman–Crippen LogP) is -1.48. The summed E-state index contributed by atoms with van der Waals surface area (Å²) >= 11 is 0.